The molecule has 0 spiro atoms. The molecule has 0 radical (unpaired) electrons. The van der Waals surface area contributed by atoms with Crippen molar-refractivity contribution in [2.45, 2.75) is 37.7 Å². The SMILES string of the molecule is COC(=O)C(CS(=O)(=O)C1CCOC1C)NC(C)=O. The maximum absolute atomic E-state index is 12.2. The van der Waals surface area contributed by atoms with E-state index in [1.165, 1.54) is 6.92 Å². The molecule has 0 aliphatic carbocycles. The summed E-state index contributed by atoms with van der Waals surface area (Å²) in [4.78, 5) is 22.5. The summed E-state index contributed by atoms with van der Waals surface area (Å²) in [5, 5.41) is 1.65. The highest BCUT2D eigenvalue weighted by Crippen LogP contribution is 2.22. The number of amides is 1. The van der Waals surface area contributed by atoms with Gasteiger partial charge in [-0.3, -0.25) is 4.79 Å². The summed E-state index contributed by atoms with van der Waals surface area (Å²) in [6.45, 7) is 3.28. The van der Waals surface area contributed by atoms with E-state index < -0.39 is 44.9 Å². The average Bonchev–Trinajstić information content (AvgIpc) is 2.73. The second-order valence-electron chi connectivity index (χ2n) is 4.51. The van der Waals surface area contributed by atoms with E-state index in [-0.39, 0.29) is 0 Å². The Bertz CT molecular complexity index is 446. The molecule has 1 heterocycles. The average molecular weight is 293 g/mol. The summed E-state index contributed by atoms with van der Waals surface area (Å²) in [6.07, 6.45) is -0.00194. The van der Waals surface area contributed by atoms with Crippen LogP contribution in [0.5, 0.6) is 0 Å². The normalized spacial score (nSPS) is 24.8. The van der Waals surface area contributed by atoms with Crippen molar-refractivity contribution in [3.63, 3.8) is 0 Å². The molecule has 1 aliphatic rings. The van der Waals surface area contributed by atoms with Crippen LogP contribution >= 0.6 is 0 Å². The molecule has 1 saturated heterocycles. The molecule has 3 unspecified atom stereocenters. The number of carbonyl (C=O) groups excluding carboxylic acids is 2. The van der Waals surface area contributed by atoms with Crippen LogP contribution in [0, 0.1) is 0 Å². The van der Waals surface area contributed by atoms with Crippen LogP contribution in [0.15, 0.2) is 0 Å². The van der Waals surface area contributed by atoms with Crippen LogP contribution < -0.4 is 5.32 Å². The van der Waals surface area contributed by atoms with Crippen molar-refractivity contribution in [2.75, 3.05) is 19.5 Å². The number of methoxy groups -OCH3 is 1. The quantitative estimate of drug-likeness (QED) is 0.670. The van der Waals surface area contributed by atoms with Gasteiger partial charge in [-0.1, -0.05) is 0 Å². The van der Waals surface area contributed by atoms with E-state index in [1.54, 1.807) is 6.92 Å². The summed E-state index contributed by atoms with van der Waals surface area (Å²) >= 11 is 0. The van der Waals surface area contributed by atoms with Gasteiger partial charge in [0.05, 0.1) is 24.2 Å². The van der Waals surface area contributed by atoms with Crippen LogP contribution in [0.25, 0.3) is 0 Å². The molecule has 0 aromatic rings. The minimum Gasteiger partial charge on any atom is -0.467 e. The molecular formula is C11H19NO6S. The van der Waals surface area contributed by atoms with Gasteiger partial charge in [0.1, 0.15) is 6.04 Å². The van der Waals surface area contributed by atoms with Crippen molar-refractivity contribution in [3.8, 4) is 0 Å². The van der Waals surface area contributed by atoms with Gasteiger partial charge in [-0.2, -0.15) is 0 Å². The minimum atomic E-state index is -3.55. The Morgan fingerprint density at radius 1 is 1.47 bits per heavy atom. The van der Waals surface area contributed by atoms with E-state index in [0.29, 0.717) is 13.0 Å². The lowest BCUT2D eigenvalue weighted by Gasteiger charge is -2.20. The van der Waals surface area contributed by atoms with E-state index in [2.05, 4.69) is 10.1 Å². The monoisotopic (exact) mass is 293 g/mol. The topological polar surface area (TPSA) is 98.8 Å². The molecular weight excluding hydrogens is 274 g/mol. The Kier molecular flexibility index (Phi) is 5.30. The van der Waals surface area contributed by atoms with Gasteiger partial charge in [0.2, 0.25) is 5.91 Å². The predicted octanol–water partition coefficient (Wildman–Crippen LogP) is -0.744. The van der Waals surface area contributed by atoms with Crippen LogP contribution in [0.1, 0.15) is 20.3 Å². The van der Waals surface area contributed by atoms with Crippen molar-refractivity contribution in [3.05, 3.63) is 0 Å². The fourth-order valence-electron chi connectivity index (χ4n) is 2.10. The zero-order chi connectivity index (χ0) is 14.6. The standard InChI is InChI=1S/C11H19NO6S/c1-7-10(4-5-18-7)19(15,16)6-9(11(14)17-3)12-8(2)13/h7,9-10H,4-6H2,1-3H3,(H,12,13). The molecule has 19 heavy (non-hydrogen) atoms. The number of hydrogen-bond acceptors (Lipinski definition) is 6. The first-order valence-corrected chi connectivity index (χ1v) is 7.67. The molecule has 1 N–H and O–H groups in total. The Balaban J connectivity index is 2.82. The van der Waals surface area contributed by atoms with Gasteiger partial charge in [-0.15, -0.1) is 0 Å². The molecule has 0 aromatic carbocycles. The number of rotatable bonds is 5. The smallest absolute Gasteiger partial charge is 0.329 e. The second kappa shape index (κ2) is 6.33. The number of carbonyl (C=O) groups is 2. The molecule has 3 atom stereocenters. The molecule has 1 aliphatic heterocycles. The molecule has 1 rings (SSSR count). The number of nitrogens with one attached hydrogen (secondary N) is 1. The van der Waals surface area contributed by atoms with Crippen LogP contribution in [0.3, 0.4) is 0 Å². The third-order valence-electron chi connectivity index (χ3n) is 3.03. The summed E-state index contributed by atoms with van der Waals surface area (Å²) in [7, 11) is -2.41. The fraction of sp³-hybridized carbons (Fsp3) is 0.818. The molecule has 8 heteroatoms. The molecule has 1 fully saturated rings. The lowest BCUT2D eigenvalue weighted by molar-refractivity contribution is -0.144. The van der Waals surface area contributed by atoms with Gasteiger partial charge < -0.3 is 14.8 Å². The maximum atomic E-state index is 12.2. The summed E-state index contributed by atoms with van der Waals surface area (Å²) in [5.74, 6) is -1.73. The van der Waals surface area contributed by atoms with Gasteiger partial charge >= 0.3 is 5.97 Å². The fourth-order valence-corrected chi connectivity index (χ4v) is 4.14. The molecule has 0 aromatic heterocycles. The maximum Gasteiger partial charge on any atom is 0.329 e. The van der Waals surface area contributed by atoms with Gasteiger partial charge in [0, 0.05) is 13.5 Å². The Hall–Kier alpha value is -1.15. The third kappa shape index (κ3) is 4.17. The van der Waals surface area contributed by atoms with Crippen LogP contribution in [-0.4, -0.2) is 57.2 Å². The van der Waals surface area contributed by atoms with E-state index in [4.69, 9.17) is 4.74 Å². The summed E-state index contributed by atoms with van der Waals surface area (Å²) in [5.41, 5.74) is 0. The summed E-state index contributed by atoms with van der Waals surface area (Å²) in [6, 6.07) is -1.18. The van der Waals surface area contributed by atoms with E-state index in [9.17, 15) is 18.0 Å². The first-order valence-electron chi connectivity index (χ1n) is 5.96. The highest BCUT2D eigenvalue weighted by Gasteiger charge is 2.39. The Morgan fingerprint density at radius 2 is 2.11 bits per heavy atom. The van der Waals surface area contributed by atoms with Gasteiger partial charge in [0.25, 0.3) is 0 Å². The highest BCUT2D eigenvalue weighted by atomic mass is 32.2. The zero-order valence-corrected chi connectivity index (χ0v) is 12.0. The lowest BCUT2D eigenvalue weighted by atomic mass is 10.3. The summed E-state index contributed by atoms with van der Waals surface area (Å²) < 4.78 is 34.2. The predicted molar refractivity (Wildman–Crippen MR) is 67.2 cm³/mol. The zero-order valence-electron chi connectivity index (χ0n) is 11.2. The Morgan fingerprint density at radius 3 is 2.53 bits per heavy atom. The van der Waals surface area contributed by atoms with Crippen LogP contribution in [0.4, 0.5) is 0 Å². The highest BCUT2D eigenvalue weighted by molar-refractivity contribution is 7.92. The number of esters is 1. The second-order valence-corrected chi connectivity index (χ2v) is 6.77. The number of hydrogen-bond donors (Lipinski definition) is 1. The third-order valence-corrected chi connectivity index (χ3v) is 5.37. The van der Waals surface area contributed by atoms with Crippen molar-refractivity contribution < 1.29 is 27.5 Å². The van der Waals surface area contributed by atoms with E-state index >= 15 is 0 Å². The van der Waals surface area contributed by atoms with Crippen LogP contribution in [0.2, 0.25) is 0 Å². The number of ether oxygens (including phenoxy) is 2. The van der Waals surface area contributed by atoms with Crippen molar-refractivity contribution in [1.29, 1.82) is 0 Å². The van der Waals surface area contributed by atoms with Crippen molar-refractivity contribution in [1.82, 2.24) is 5.32 Å². The van der Waals surface area contributed by atoms with Gasteiger partial charge in [-0.05, 0) is 13.3 Å². The Labute approximate surface area is 112 Å². The van der Waals surface area contributed by atoms with Crippen molar-refractivity contribution in [2.24, 2.45) is 0 Å². The van der Waals surface area contributed by atoms with Gasteiger partial charge in [0.15, 0.2) is 9.84 Å². The van der Waals surface area contributed by atoms with E-state index in [0.717, 1.165) is 7.11 Å². The minimum absolute atomic E-state index is 0.383. The number of sulfone groups is 1. The van der Waals surface area contributed by atoms with Gasteiger partial charge in [-0.25, -0.2) is 13.2 Å². The molecule has 110 valence electrons. The lowest BCUT2D eigenvalue weighted by Crippen LogP contribution is -2.47. The molecule has 0 bridgehead atoms. The van der Waals surface area contributed by atoms with Crippen molar-refractivity contribution >= 4 is 21.7 Å². The molecule has 0 saturated carbocycles. The molecule has 1 amide bonds. The van der Waals surface area contributed by atoms with Crippen LogP contribution in [-0.2, 0) is 28.9 Å². The first kappa shape index (κ1) is 15.9. The van der Waals surface area contributed by atoms with E-state index in [1.807, 2.05) is 0 Å². The largest absolute Gasteiger partial charge is 0.467 e. The first-order chi connectivity index (χ1) is 8.77. The molecule has 7 nitrogen and oxygen atoms in total.